The van der Waals surface area contributed by atoms with E-state index in [9.17, 15) is 0 Å². The van der Waals surface area contributed by atoms with Gasteiger partial charge in [-0.05, 0) is 6.07 Å². The van der Waals surface area contributed by atoms with Crippen molar-refractivity contribution in [2.45, 2.75) is 0 Å². The number of rotatable bonds is 0. The summed E-state index contributed by atoms with van der Waals surface area (Å²) in [4.78, 5) is 20.0. The number of aromatic amines is 1. The van der Waals surface area contributed by atoms with Crippen molar-refractivity contribution < 1.29 is 15.4 Å². The van der Waals surface area contributed by atoms with Crippen LogP contribution >= 0.6 is 0 Å². The zero-order valence-electron chi connectivity index (χ0n) is 8.79. The van der Waals surface area contributed by atoms with Crippen LogP contribution in [0.5, 0.6) is 0 Å². The van der Waals surface area contributed by atoms with E-state index in [2.05, 4.69) is 15.0 Å². The summed E-state index contributed by atoms with van der Waals surface area (Å²) in [6, 6.07) is 8.00. The van der Waals surface area contributed by atoms with Crippen molar-refractivity contribution in [3.63, 3.8) is 0 Å². The number of nitrogens with zero attached hydrogens (tertiary/aromatic N) is 2. The van der Waals surface area contributed by atoms with Crippen LogP contribution in [0.4, 0.5) is 0 Å². The summed E-state index contributed by atoms with van der Waals surface area (Å²) in [5.74, 6) is 0. The molecule has 2 aromatic heterocycles. The largest absolute Gasteiger partial charge is 0.483 e. The molecule has 88 valence electrons. The number of aromatic nitrogens is 3. The summed E-state index contributed by atoms with van der Waals surface area (Å²) in [5.41, 5.74) is 2.96. The third-order valence-corrected chi connectivity index (χ3v) is 2.16. The second kappa shape index (κ2) is 5.57. The van der Waals surface area contributed by atoms with Gasteiger partial charge in [0, 0.05) is 5.39 Å². The number of H-pyrrole nitrogens is 1. The SMILES string of the molecule is O.O=CO.c1ccc2c(c1)ncc1[nH]cnc12. The number of carboxylic acid groups (broad SMARTS) is 1. The summed E-state index contributed by atoms with van der Waals surface area (Å²) in [6.07, 6.45) is 3.50. The van der Waals surface area contributed by atoms with Crippen molar-refractivity contribution in [3.05, 3.63) is 36.8 Å². The van der Waals surface area contributed by atoms with Crippen LogP contribution in [0.2, 0.25) is 0 Å². The minimum atomic E-state index is -0.250. The highest BCUT2D eigenvalue weighted by Gasteiger charge is 2.01. The van der Waals surface area contributed by atoms with Crippen LogP contribution in [-0.4, -0.2) is 32.0 Å². The topological polar surface area (TPSA) is 110 Å². The molecule has 0 spiro atoms. The number of para-hydroxylation sites is 1. The molecule has 0 aliphatic carbocycles. The van der Waals surface area contributed by atoms with Crippen LogP contribution in [-0.2, 0) is 4.79 Å². The van der Waals surface area contributed by atoms with Gasteiger partial charge in [-0.25, -0.2) is 4.98 Å². The summed E-state index contributed by atoms with van der Waals surface area (Å²) >= 11 is 0. The van der Waals surface area contributed by atoms with E-state index in [0.29, 0.717) is 0 Å². The predicted molar refractivity (Wildman–Crippen MR) is 63.7 cm³/mol. The van der Waals surface area contributed by atoms with Crippen molar-refractivity contribution in [3.8, 4) is 0 Å². The molecular formula is C11H11N3O3. The second-order valence-corrected chi connectivity index (χ2v) is 3.05. The first-order valence-corrected chi connectivity index (χ1v) is 4.61. The lowest BCUT2D eigenvalue weighted by Crippen LogP contribution is -1.79. The third-order valence-electron chi connectivity index (χ3n) is 2.16. The van der Waals surface area contributed by atoms with E-state index in [1.807, 2.05) is 30.5 Å². The van der Waals surface area contributed by atoms with Crippen molar-refractivity contribution in [1.82, 2.24) is 15.0 Å². The predicted octanol–water partition coefficient (Wildman–Crippen LogP) is 0.987. The summed E-state index contributed by atoms with van der Waals surface area (Å²) in [7, 11) is 0. The number of fused-ring (bicyclic) bond motifs is 3. The molecule has 1 aromatic carbocycles. The van der Waals surface area contributed by atoms with Crippen molar-refractivity contribution in [1.29, 1.82) is 0 Å². The molecular weight excluding hydrogens is 222 g/mol. The van der Waals surface area contributed by atoms with E-state index >= 15 is 0 Å². The Morgan fingerprint density at radius 1 is 1.24 bits per heavy atom. The number of hydrogen-bond donors (Lipinski definition) is 2. The highest BCUT2D eigenvalue weighted by Crippen LogP contribution is 2.19. The summed E-state index contributed by atoms with van der Waals surface area (Å²) < 4.78 is 0. The quantitative estimate of drug-likeness (QED) is 0.564. The maximum Gasteiger partial charge on any atom is 0.290 e. The monoisotopic (exact) mass is 233 g/mol. The fourth-order valence-electron chi connectivity index (χ4n) is 1.54. The highest BCUT2D eigenvalue weighted by molar-refractivity contribution is 6.01. The summed E-state index contributed by atoms with van der Waals surface area (Å²) in [6.45, 7) is -0.250. The van der Waals surface area contributed by atoms with Crippen LogP contribution < -0.4 is 0 Å². The Balaban J connectivity index is 0.000000331. The first-order chi connectivity index (χ1) is 7.86. The second-order valence-electron chi connectivity index (χ2n) is 3.05. The number of pyridine rings is 1. The lowest BCUT2D eigenvalue weighted by Gasteiger charge is -1.95. The number of hydrogen-bond acceptors (Lipinski definition) is 3. The average Bonchev–Trinajstić information content (AvgIpc) is 2.78. The molecule has 0 unspecified atom stereocenters. The number of nitrogens with one attached hydrogen (secondary N) is 1. The number of imidazole rings is 1. The minimum Gasteiger partial charge on any atom is -0.483 e. The van der Waals surface area contributed by atoms with Crippen molar-refractivity contribution in [2.75, 3.05) is 0 Å². The van der Waals surface area contributed by atoms with Gasteiger partial charge in [0.1, 0.15) is 0 Å². The number of benzene rings is 1. The van der Waals surface area contributed by atoms with Gasteiger partial charge in [-0.1, -0.05) is 18.2 Å². The van der Waals surface area contributed by atoms with E-state index in [-0.39, 0.29) is 11.9 Å². The van der Waals surface area contributed by atoms with Gasteiger partial charge >= 0.3 is 0 Å². The Morgan fingerprint density at radius 3 is 2.71 bits per heavy atom. The lowest BCUT2D eigenvalue weighted by atomic mass is 10.2. The zero-order valence-corrected chi connectivity index (χ0v) is 8.79. The highest BCUT2D eigenvalue weighted by atomic mass is 16.3. The molecule has 3 rings (SSSR count). The molecule has 0 atom stereocenters. The smallest absolute Gasteiger partial charge is 0.290 e. The van der Waals surface area contributed by atoms with Crippen LogP contribution in [0.1, 0.15) is 0 Å². The molecule has 0 saturated heterocycles. The first-order valence-electron chi connectivity index (χ1n) is 4.61. The van der Waals surface area contributed by atoms with Gasteiger partial charge in [-0.15, -0.1) is 0 Å². The Hall–Kier alpha value is -2.47. The molecule has 0 fully saturated rings. The van der Waals surface area contributed by atoms with Crippen LogP contribution in [0.15, 0.2) is 36.8 Å². The summed E-state index contributed by atoms with van der Waals surface area (Å²) in [5, 5.41) is 7.99. The Morgan fingerprint density at radius 2 is 1.94 bits per heavy atom. The van der Waals surface area contributed by atoms with Gasteiger partial charge in [0.15, 0.2) is 0 Å². The molecule has 0 radical (unpaired) electrons. The molecule has 3 aromatic rings. The fraction of sp³-hybridized carbons (Fsp3) is 0. The lowest BCUT2D eigenvalue weighted by molar-refractivity contribution is -0.122. The molecule has 0 saturated carbocycles. The molecule has 6 nitrogen and oxygen atoms in total. The molecule has 6 heteroatoms. The van der Waals surface area contributed by atoms with Gasteiger partial charge in [0.2, 0.25) is 0 Å². The molecule has 0 aliphatic heterocycles. The van der Waals surface area contributed by atoms with Crippen LogP contribution in [0, 0.1) is 0 Å². The zero-order chi connectivity index (χ0) is 11.4. The van der Waals surface area contributed by atoms with E-state index in [0.717, 1.165) is 21.9 Å². The molecule has 0 amide bonds. The molecule has 2 heterocycles. The number of carbonyl (C=O) groups is 1. The normalized spacial score (nSPS) is 9.18. The minimum absolute atomic E-state index is 0. The van der Waals surface area contributed by atoms with Crippen LogP contribution in [0.25, 0.3) is 21.9 Å². The Bertz CT molecular complexity index is 621. The van der Waals surface area contributed by atoms with Crippen molar-refractivity contribution >= 4 is 28.4 Å². The maximum atomic E-state index is 8.36. The van der Waals surface area contributed by atoms with E-state index < -0.39 is 0 Å². The standard InChI is InChI=1S/C10H7N3.CH2O2.H2O/c1-2-4-8-7(3-1)10-9(5-11-8)12-6-13-10;2-1-3;/h1-6H,(H,12,13);1H,(H,2,3);1H2. The molecule has 17 heavy (non-hydrogen) atoms. The van der Waals surface area contributed by atoms with Gasteiger partial charge in [0.25, 0.3) is 6.47 Å². The third kappa shape index (κ3) is 2.37. The van der Waals surface area contributed by atoms with E-state index in [1.54, 1.807) is 6.33 Å². The van der Waals surface area contributed by atoms with Crippen LogP contribution in [0.3, 0.4) is 0 Å². The fourth-order valence-corrected chi connectivity index (χ4v) is 1.54. The first kappa shape index (κ1) is 12.6. The van der Waals surface area contributed by atoms with E-state index in [1.165, 1.54) is 0 Å². The molecule has 0 aliphatic rings. The maximum absolute atomic E-state index is 8.36. The average molecular weight is 233 g/mol. The van der Waals surface area contributed by atoms with Crippen molar-refractivity contribution in [2.24, 2.45) is 0 Å². The Labute approximate surface area is 96.3 Å². The van der Waals surface area contributed by atoms with Gasteiger partial charge in [0.05, 0.1) is 29.1 Å². The van der Waals surface area contributed by atoms with Gasteiger partial charge in [-0.2, -0.15) is 0 Å². The molecule has 0 bridgehead atoms. The van der Waals surface area contributed by atoms with E-state index in [4.69, 9.17) is 9.90 Å². The van der Waals surface area contributed by atoms with Gasteiger partial charge in [-0.3, -0.25) is 9.78 Å². The Kier molecular flexibility index (Phi) is 4.13. The molecule has 4 N–H and O–H groups in total. The van der Waals surface area contributed by atoms with Gasteiger partial charge < -0.3 is 15.6 Å².